The van der Waals surface area contributed by atoms with E-state index in [1.807, 2.05) is 24.3 Å². The highest BCUT2D eigenvalue weighted by Gasteiger charge is 2.65. The summed E-state index contributed by atoms with van der Waals surface area (Å²) in [5.41, 5.74) is 5.49. The van der Waals surface area contributed by atoms with Crippen molar-refractivity contribution in [3.8, 4) is 0 Å². The van der Waals surface area contributed by atoms with Crippen LogP contribution in [-0.2, 0) is 0 Å². The minimum atomic E-state index is -1.54. The van der Waals surface area contributed by atoms with Gasteiger partial charge in [0.25, 0.3) is 35.5 Å². The Bertz CT molecular complexity index is 2080. The molecule has 0 fully saturated rings. The van der Waals surface area contributed by atoms with Crippen molar-refractivity contribution in [1.29, 1.82) is 0 Å². The Labute approximate surface area is 272 Å². The van der Waals surface area contributed by atoms with Crippen molar-refractivity contribution in [1.82, 2.24) is 0 Å². The molecular formula is C36H22N8O4. The number of hydrogen-bond acceptors (Lipinski definition) is 8. The smallest absolute Gasteiger partial charge is 0.287 e. The first-order chi connectivity index (χ1) is 23.4. The zero-order chi connectivity index (χ0) is 32.1. The van der Waals surface area contributed by atoms with E-state index in [0.29, 0.717) is 67.8 Å². The summed E-state index contributed by atoms with van der Waals surface area (Å²) in [5.74, 6) is -4.44. The summed E-state index contributed by atoms with van der Waals surface area (Å²) in [6.07, 6.45) is 0. The van der Waals surface area contributed by atoms with Crippen LogP contribution in [0.3, 0.4) is 0 Å². The Hall–Kier alpha value is -6.82. The molecule has 0 atom stereocenters. The number of nitrogens with zero attached hydrogens (tertiary/aromatic N) is 4. The standard InChI is InChI=1S/C36H22N8O4/c45-31-19-9-1-5-13-23(19)37-35-38-24-14-6-2-10-20(24)32(46)42(35)28-18-30-29(17-27(28)41(31)35)43-33(47)21-11-3-7-15-25(21)39-36(43)40-26-16-8-4-12-22(26)34(48)44(30)36/h1-18,37-40H. The molecule has 230 valence electrons. The molecule has 0 aromatic heterocycles. The summed E-state index contributed by atoms with van der Waals surface area (Å²) in [7, 11) is 0. The monoisotopic (exact) mass is 630 g/mol. The second kappa shape index (κ2) is 8.12. The van der Waals surface area contributed by atoms with E-state index in [1.165, 1.54) is 19.6 Å². The van der Waals surface area contributed by atoms with Crippen LogP contribution in [0.4, 0.5) is 45.5 Å². The van der Waals surface area contributed by atoms with Crippen molar-refractivity contribution in [2.45, 2.75) is 11.8 Å². The topological polar surface area (TPSA) is 129 Å². The first-order valence-electron chi connectivity index (χ1n) is 15.5. The molecule has 0 bridgehead atoms. The number of amides is 4. The first-order valence-corrected chi connectivity index (χ1v) is 15.5. The largest absolute Gasteiger partial charge is 0.326 e. The minimum absolute atomic E-state index is 0.340. The third kappa shape index (κ3) is 2.71. The molecule has 4 amide bonds. The van der Waals surface area contributed by atoms with Gasteiger partial charge in [0.15, 0.2) is 0 Å². The summed E-state index contributed by atoms with van der Waals surface area (Å²) in [6.45, 7) is 0. The normalized spacial score (nSPS) is 19.0. The van der Waals surface area contributed by atoms with E-state index >= 15 is 0 Å². The van der Waals surface area contributed by atoms with E-state index in [2.05, 4.69) is 21.3 Å². The SMILES string of the molecule is O=C1c2ccccc2NC23Nc4ccccc4C(=O)N2c2cc4c(cc2N13)N1C(=O)c2ccccc2NC12Nc1ccccc1C(=O)N42. The zero-order valence-corrected chi connectivity index (χ0v) is 24.8. The van der Waals surface area contributed by atoms with Crippen molar-refractivity contribution in [3.63, 3.8) is 0 Å². The van der Waals surface area contributed by atoms with E-state index in [0.717, 1.165) is 0 Å². The molecule has 0 aliphatic carbocycles. The van der Waals surface area contributed by atoms with E-state index in [-0.39, 0.29) is 23.6 Å². The number of carbonyl (C=O) groups is 4. The van der Waals surface area contributed by atoms with Crippen molar-refractivity contribution >= 4 is 69.1 Å². The molecule has 12 heteroatoms. The van der Waals surface area contributed by atoms with Gasteiger partial charge in [0.05, 0.1) is 67.8 Å². The summed E-state index contributed by atoms with van der Waals surface area (Å²) >= 11 is 0. The third-order valence-corrected chi connectivity index (χ3v) is 10.0. The zero-order valence-electron chi connectivity index (χ0n) is 24.8. The number of rotatable bonds is 0. The maximum atomic E-state index is 14.5. The van der Waals surface area contributed by atoms with Gasteiger partial charge in [-0.05, 0) is 60.7 Å². The predicted molar refractivity (Wildman–Crippen MR) is 179 cm³/mol. The third-order valence-electron chi connectivity index (χ3n) is 10.0. The lowest BCUT2D eigenvalue weighted by molar-refractivity contribution is 0.0912. The fraction of sp³-hybridized carbons (Fsp3) is 0.0556. The van der Waals surface area contributed by atoms with Gasteiger partial charge in [-0.1, -0.05) is 48.5 Å². The van der Waals surface area contributed by atoms with Crippen LogP contribution in [0.15, 0.2) is 109 Å². The maximum absolute atomic E-state index is 14.5. The molecule has 4 N–H and O–H groups in total. The number of nitrogens with one attached hydrogen (secondary N) is 4. The van der Waals surface area contributed by atoms with Gasteiger partial charge < -0.3 is 21.3 Å². The Morgan fingerprint density at radius 3 is 0.833 bits per heavy atom. The van der Waals surface area contributed by atoms with Crippen LogP contribution >= 0.6 is 0 Å². The van der Waals surface area contributed by atoms with Gasteiger partial charge in [0.2, 0.25) is 0 Å². The maximum Gasteiger partial charge on any atom is 0.287 e. The van der Waals surface area contributed by atoms with Gasteiger partial charge in [0.1, 0.15) is 0 Å². The highest BCUT2D eigenvalue weighted by atomic mass is 16.2. The van der Waals surface area contributed by atoms with Crippen LogP contribution in [0, 0.1) is 0 Å². The fourth-order valence-electron chi connectivity index (χ4n) is 8.05. The van der Waals surface area contributed by atoms with Crippen LogP contribution in [0.25, 0.3) is 0 Å². The van der Waals surface area contributed by atoms with Crippen LogP contribution in [0.1, 0.15) is 41.4 Å². The number of benzene rings is 5. The van der Waals surface area contributed by atoms with Gasteiger partial charge in [0, 0.05) is 0 Å². The van der Waals surface area contributed by atoms with Crippen LogP contribution in [0.5, 0.6) is 0 Å². The Balaban J connectivity index is 1.20. The van der Waals surface area contributed by atoms with E-state index < -0.39 is 11.8 Å². The Morgan fingerprint density at radius 2 is 0.583 bits per heavy atom. The van der Waals surface area contributed by atoms with Gasteiger partial charge in [-0.15, -0.1) is 0 Å². The number of carbonyl (C=O) groups excluding carboxylic acids is 4. The van der Waals surface area contributed by atoms with Gasteiger partial charge >= 0.3 is 0 Å². The molecule has 5 aromatic rings. The second-order valence-corrected chi connectivity index (χ2v) is 12.4. The van der Waals surface area contributed by atoms with E-state index in [4.69, 9.17) is 0 Å². The first kappa shape index (κ1) is 25.4. The molecule has 11 rings (SSSR count). The van der Waals surface area contributed by atoms with Gasteiger partial charge in [-0.2, -0.15) is 0 Å². The lowest BCUT2D eigenvalue weighted by Gasteiger charge is -2.50. The highest BCUT2D eigenvalue weighted by Crippen LogP contribution is 2.59. The van der Waals surface area contributed by atoms with Crippen molar-refractivity contribution < 1.29 is 19.2 Å². The summed E-state index contributed by atoms with van der Waals surface area (Å²) in [6, 6.07) is 32.0. The van der Waals surface area contributed by atoms with Gasteiger partial charge in [-0.3, -0.25) is 19.2 Å². The molecule has 6 aliphatic heterocycles. The molecule has 48 heavy (non-hydrogen) atoms. The van der Waals surface area contributed by atoms with Crippen LogP contribution < -0.4 is 40.9 Å². The quantitative estimate of drug-likeness (QED) is 0.183. The number of para-hydroxylation sites is 4. The fourth-order valence-corrected chi connectivity index (χ4v) is 8.05. The van der Waals surface area contributed by atoms with Crippen LogP contribution in [0.2, 0.25) is 0 Å². The predicted octanol–water partition coefficient (Wildman–Crippen LogP) is 5.23. The molecule has 0 unspecified atom stereocenters. The molecule has 6 aliphatic rings. The van der Waals surface area contributed by atoms with E-state index in [1.54, 1.807) is 84.9 Å². The molecule has 0 saturated carbocycles. The van der Waals surface area contributed by atoms with Gasteiger partial charge in [-0.25, -0.2) is 19.6 Å². The van der Waals surface area contributed by atoms with Crippen LogP contribution in [-0.4, -0.2) is 35.5 Å². The summed E-state index contributed by atoms with van der Waals surface area (Å²) < 4.78 is 0. The average molecular weight is 631 g/mol. The summed E-state index contributed by atoms with van der Waals surface area (Å²) in [4.78, 5) is 64.2. The van der Waals surface area contributed by atoms with Crippen molar-refractivity contribution in [2.24, 2.45) is 0 Å². The molecule has 6 heterocycles. The lowest BCUT2D eigenvalue weighted by atomic mass is 10.0. The second-order valence-electron chi connectivity index (χ2n) is 12.4. The van der Waals surface area contributed by atoms with E-state index in [9.17, 15) is 19.2 Å². The average Bonchev–Trinajstić information content (AvgIpc) is 3.54. The molecule has 12 nitrogen and oxygen atoms in total. The Morgan fingerprint density at radius 1 is 0.354 bits per heavy atom. The van der Waals surface area contributed by atoms with Crippen molar-refractivity contribution in [3.05, 3.63) is 131 Å². The summed E-state index contributed by atoms with van der Waals surface area (Å²) in [5, 5.41) is 13.9. The molecule has 0 saturated heterocycles. The number of hydrogen-bond donors (Lipinski definition) is 4. The lowest BCUT2D eigenvalue weighted by Crippen LogP contribution is -2.74. The number of fused-ring (bicyclic) bond motifs is 10. The molecule has 2 spiro atoms. The minimum Gasteiger partial charge on any atom is -0.326 e. The molecule has 5 aromatic carbocycles. The molecular weight excluding hydrogens is 608 g/mol. The Kier molecular flexibility index (Phi) is 4.29. The van der Waals surface area contributed by atoms with Crippen molar-refractivity contribution in [2.75, 3.05) is 40.9 Å². The number of anilines is 8. The highest BCUT2D eigenvalue weighted by molar-refractivity contribution is 6.28. The molecule has 0 radical (unpaired) electrons.